The van der Waals surface area contributed by atoms with Crippen LogP contribution >= 0.6 is 11.3 Å². The molecule has 6 aromatic rings. The van der Waals surface area contributed by atoms with Crippen molar-refractivity contribution in [1.29, 1.82) is 0 Å². The Morgan fingerprint density at radius 2 is 1.79 bits per heavy atom. The van der Waals surface area contributed by atoms with Crippen molar-refractivity contribution in [3.05, 3.63) is 112 Å². The molecular formula is C40H42N12O4S. The lowest BCUT2D eigenvalue weighted by molar-refractivity contribution is -0.141. The van der Waals surface area contributed by atoms with Crippen LogP contribution < -0.4 is 20.3 Å². The minimum absolute atomic E-state index is 0.0259. The quantitative estimate of drug-likeness (QED) is 0.0901. The molecule has 1 atom stereocenters. The summed E-state index contributed by atoms with van der Waals surface area (Å²) in [5, 5.41) is 8.33. The molecule has 0 unspecified atom stereocenters. The third-order valence-corrected chi connectivity index (χ3v) is 10.2. The van der Waals surface area contributed by atoms with E-state index in [9.17, 15) is 9.59 Å². The van der Waals surface area contributed by atoms with Crippen LogP contribution in [0.4, 0.5) is 29.2 Å². The number of carbonyl (C=O) groups excluding carboxylic acids is 2. The van der Waals surface area contributed by atoms with Gasteiger partial charge in [-0.1, -0.05) is 36.4 Å². The van der Waals surface area contributed by atoms with E-state index in [0.29, 0.717) is 49.9 Å². The summed E-state index contributed by atoms with van der Waals surface area (Å²) in [7, 11) is 4.85. The number of amides is 1. The Morgan fingerprint density at radius 3 is 2.53 bits per heavy atom. The van der Waals surface area contributed by atoms with Gasteiger partial charge >= 0.3 is 5.97 Å². The number of esters is 1. The van der Waals surface area contributed by atoms with Crippen LogP contribution in [0, 0.1) is 6.57 Å². The molecule has 1 aliphatic heterocycles. The predicted octanol–water partition coefficient (Wildman–Crippen LogP) is 5.34. The smallest absolute Gasteiger partial charge is 0.328 e. The fraction of sp³-hybridized carbons (Fsp3) is 0.300. The van der Waals surface area contributed by atoms with Gasteiger partial charge in [-0.2, -0.15) is 15.0 Å². The first kappa shape index (κ1) is 38.6. The number of methoxy groups -OCH3 is 2. The van der Waals surface area contributed by atoms with Crippen LogP contribution in [0.3, 0.4) is 0 Å². The fourth-order valence-corrected chi connectivity index (χ4v) is 7.00. The van der Waals surface area contributed by atoms with Crippen LogP contribution in [0.15, 0.2) is 77.6 Å². The Bertz CT molecular complexity index is 2360. The van der Waals surface area contributed by atoms with Gasteiger partial charge in [0.15, 0.2) is 5.69 Å². The number of benzene rings is 3. The standard InChI is InChI=1S/C40H42N12O4S/c1-41-28-10-8-26(9-11-28)21-33(37(54)56-4)46-39-47-38(48-40(49-39)50(2)15-14-35-44-31-13-12-30(55-3)22-32(31)45-35)43-29-7-5-6-27(20-29)23-51-16-18-52(19-17-51)36(53)34-24-57-25-42-34/h5-13,20,22,24-25,33H,14-19,21,23H2,2-4H3,(H,44,45)(H2,43,46,47,48,49)/t33-/m0/s1. The van der Waals surface area contributed by atoms with Gasteiger partial charge in [0.05, 0.1) is 37.3 Å². The third kappa shape index (κ3) is 9.79. The Morgan fingerprint density at radius 1 is 0.982 bits per heavy atom. The fourth-order valence-electron chi connectivity index (χ4n) is 6.47. The molecule has 1 aliphatic rings. The number of aromatic nitrogens is 6. The maximum absolute atomic E-state index is 13.0. The Kier molecular flexibility index (Phi) is 12.1. The van der Waals surface area contributed by atoms with E-state index >= 15 is 0 Å². The minimum Gasteiger partial charge on any atom is -0.497 e. The lowest BCUT2D eigenvalue weighted by atomic mass is 10.1. The van der Waals surface area contributed by atoms with Gasteiger partial charge in [-0.25, -0.2) is 19.6 Å². The van der Waals surface area contributed by atoms with E-state index in [2.05, 4.69) is 41.4 Å². The van der Waals surface area contributed by atoms with Crippen molar-refractivity contribution in [3.63, 3.8) is 0 Å². The molecule has 57 heavy (non-hydrogen) atoms. The van der Waals surface area contributed by atoms with Crippen molar-refractivity contribution in [2.24, 2.45) is 0 Å². The van der Waals surface area contributed by atoms with E-state index in [1.807, 2.05) is 65.4 Å². The molecule has 4 heterocycles. The van der Waals surface area contributed by atoms with Crippen molar-refractivity contribution in [1.82, 2.24) is 39.7 Å². The normalized spacial score (nSPS) is 13.5. The molecule has 7 rings (SSSR count). The van der Waals surface area contributed by atoms with Crippen molar-refractivity contribution < 1.29 is 19.1 Å². The zero-order valence-electron chi connectivity index (χ0n) is 31.8. The number of nitrogens with one attached hydrogen (secondary N) is 3. The largest absolute Gasteiger partial charge is 0.497 e. The van der Waals surface area contributed by atoms with E-state index in [1.54, 1.807) is 30.1 Å². The molecule has 1 fully saturated rings. The zero-order chi connectivity index (χ0) is 39.7. The number of hydrogen-bond donors (Lipinski definition) is 3. The third-order valence-electron chi connectivity index (χ3n) is 9.58. The molecule has 0 saturated carbocycles. The highest BCUT2D eigenvalue weighted by Gasteiger charge is 2.24. The number of fused-ring (bicyclic) bond motifs is 1. The monoisotopic (exact) mass is 786 g/mol. The van der Waals surface area contributed by atoms with Gasteiger partial charge in [-0.3, -0.25) is 9.69 Å². The first-order chi connectivity index (χ1) is 27.8. The summed E-state index contributed by atoms with van der Waals surface area (Å²) in [6, 6.07) is 20.0. The summed E-state index contributed by atoms with van der Waals surface area (Å²) >= 11 is 1.42. The summed E-state index contributed by atoms with van der Waals surface area (Å²) in [5.74, 6) is 1.86. The molecule has 3 aromatic heterocycles. The molecule has 3 N–H and O–H groups in total. The summed E-state index contributed by atoms with van der Waals surface area (Å²) in [5.41, 5.74) is 7.11. The van der Waals surface area contributed by atoms with E-state index in [4.69, 9.17) is 31.0 Å². The summed E-state index contributed by atoms with van der Waals surface area (Å²) in [6.45, 7) is 11.3. The minimum atomic E-state index is -0.824. The second-order valence-electron chi connectivity index (χ2n) is 13.5. The number of nitrogens with zero attached hydrogens (tertiary/aromatic N) is 9. The van der Waals surface area contributed by atoms with E-state index in [-0.39, 0.29) is 24.2 Å². The average Bonchev–Trinajstić information content (AvgIpc) is 3.93. The molecule has 16 nitrogen and oxygen atoms in total. The maximum Gasteiger partial charge on any atom is 0.328 e. The highest BCUT2D eigenvalue weighted by atomic mass is 32.1. The van der Waals surface area contributed by atoms with Crippen LogP contribution in [-0.2, 0) is 28.9 Å². The number of aromatic amines is 1. The molecule has 0 radical (unpaired) electrons. The number of imidazole rings is 1. The van der Waals surface area contributed by atoms with E-state index in [0.717, 1.165) is 52.5 Å². The Balaban J connectivity index is 1.08. The Labute approximate surface area is 333 Å². The van der Waals surface area contributed by atoms with Crippen LogP contribution in [0.25, 0.3) is 15.9 Å². The molecule has 17 heteroatoms. The van der Waals surface area contributed by atoms with E-state index < -0.39 is 12.0 Å². The SMILES string of the molecule is [C-]#[N+]c1ccc(C[C@H](Nc2nc(Nc3cccc(CN4CCN(C(=O)c5cscn5)CC4)c3)nc(N(C)CCc3nc4ccc(OC)cc4[nH]3)n2)C(=O)OC)cc1. The number of anilines is 4. The molecular weight excluding hydrogens is 745 g/mol. The topological polar surface area (TPSA) is 171 Å². The van der Waals surface area contributed by atoms with Crippen LogP contribution in [0.2, 0.25) is 0 Å². The number of H-pyrrole nitrogens is 1. The predicted molar refractivity (Wildman–Crippen MR) is 218 cm³/mol. The van der Waals surface area contributed by atoms with Crippen LogP contribution in [-0.4, -0.2) is 112 Å². The van der Waals surface area contributed by atoms with Gasteiger partial charge in [-0.05, 0) is 35.4 Å². The highest BCUT2D eigenvalue weighted by molar-refractivity contribution is 7.07. The molecule has 0 spiro atoms. The van der Waals surface area contributed by atoms with Gasteiger partial charge in [0.1, 0.15) is 23.3 Å². The second-order valence-corrected chi connectivity index (χ2v) is 14.2. The highest BCUT2D eigenvalue weighted by Crippen LogP contribution is 2.23. The van der Waals surface area contributed by atoms with Crippen molar-refractivity contribution in [3.8, 4) is 5.75 Å². The number of likely N-dealkylation sites (N-methyl/N-ethyl adjacent to an activating group) is 1. The lowest BCUT2D eigenvalue weighted by Crippen LogP contribution is -2.48. The molecule has 1 saturated heterocycles. The molecule has 292 valence electrons. The van der Waals surface area contributed by atoms with Crippen LogP contribution in [0.5, 0.6) is 5.75 Å². The van der Waals surface area contributed by atoms with Gasteiger partial charge in [0.25, 0.3) is 5.91 Å². The van der Waals surface area contributed by atoms with Crippen molar-refractivity contribution in [2.45, 2.75) is 25.4 Å². The summed E-state index contributed by atoms with van der Waals surface area (Å²) in [4.78, 5) is 61.8. The van der Waals surface area contributed by atoms with Gasteiger partial charge < -0.3 is 34.9 Å². The number of carbonyl (C=O) groups is 2. The molecule has 0 aliphatic carbocycles. The number of ether oxygens (including phenoxy) is 2. The van der Waals surface area contributed by atoms with Gasteiger partial charge in [0, 0.05) is 76.3 Å². The number of piperazine rings is 1. The van der Waals surface area contributed by atoms with Gasteiger partial charge in [0.2, 0.25) is 17.8 Å². The number of rotatable bonds is 15. The number of thiazole rings is 1. The average molecular weight is 787 g/mol. The first-order valence-corrected chi connectivity index (χ1v) is 19.3. The van der Waals surface area contributed by atoms with Gasteiger partial charge in [-0.15, -0.1) is 11.3 Å². The maximum atomic E-state index is 13.0. The van der Waals surface area contributed by atoms with E-state index in [1.165, 1.54) is 18.4 Å². The molecule has 3 aromatic carbocycles. The number of hydrogen-bond acceptors (Lipinski definition) is 14. The van der Waals surface area contributed by atoms with Crippen LogP contribution in [0.1, 0.15) is 27.4 Å². The molecule has 0 bridgehead atoms. The first-order valence-electron chi connectivity index (χ1n) is 18.3. The molecule has 1 amide bonds. The van der Waals surface area contributed by atoms with Crippen molar-refractivity contribution in [2.75, 3.05) is 69.5 Å². The zero-order valence-corrected chi connectivity index (χ0v) is 32.6. The lowest BCUT2D eigenvalue weighted by Gasteiger charge is -2.34. The second kappa shape index (κ2) is 17.9. The summed E-state index contributed by atoms with van der Waals surface area (Å²) in [6.07, 6.45) is 0.849. The Hall–Kier alpha value is -6.64. The summed E-state index contributed by atoms with van der Waals surface area (Å²) < 4.78 is 10.5. The van der Waals surface area contributed by atoms with Crippen molar-refractivity contribution >= 4 is 63.5 Å².